The monoisotopic (exact) mass is 346 g/mol. The minimum Gasteiger partial charge on any atom is -0.366 e. The number of nitrogens with zero attached hydrogens (tertiary/aromatic N) is 6. The number of aryl methyl sites for hydroxylation is 1. The molecular weight excluding hydrogens is 328 g/mol. The van der Waals surface area contributed by atoms with E-state index in [1.165, 1.54) is 0 Å². The maximum Gasteiger partial charge on any atom is 0.257 e. The zero-order valence-corrected chi connectivity index (χ0v) is 14.5. The number of rotatable bonds is 2. The van der Waals surface area contributed by atoms with Crippen LogP contribution in [0.25, 0.3) is 10.9 Å². The maximum absolute atomic E-state index is 12.6. The van der Waals surface area contributed by atoms with Gasteiger partial charge in [0.1, 0.15) is 6.07 Å². The highest BCUT2D eigenvalue weighted by atomic mass is 16.2. The molecule has 3 aromatic rings. The Hall–Kier alpha value is -3.40. The second kappa shape index (κ2) is 6.48. The van der Waals surface area contributed by atoms with Crippen LogP contribution in [0.4, 0.5) is 5.69 Å². The first-order chi connectivity index (χ1) is 12.7. The first-order valence-corrected chi connectivity index (χ1v) is 8.48. The molecule has 0 bridgehead atoms. The maximum atomic E-state index is 12.6. The van der Waals surface area contributed by atoms with Crippen LogP contribution >= 0.6 is 0 Å². The minimum atomic E-state index is -0.00200. The van der Waals surface area contributed by atoms with Crippen LogP contribution in [-0.4, -0.2) is 51.8 Å². The first kappa shape index (κ1) is 16.1. The summed E-state index contributed by atoms with van der Waals surface area (Å²) in [5.74, 6) is -0.00200. The molecule has 0 unspecified atom stereocenters. The van der Waals surface area contributed by atoms with E-state index in [-0.39, 0.29) is 5.91 Å². The standard InChI is InChI=1S/C19H18N6O/c1-23-13-15(12-22-23)19(26)25-8-6-24(7-9-25)18-14(10-20)11-21-17-5-3-2-4-16(17)18/h2-5,11-13H,6-9H2,1H3. The quantitative estimate of drug-likeness (QED) is 0.707. The molecule has 0 atom stereocenters. The van der Waals surface area contributed by atoms with Crippen molar-refractivity contribution < 1.29 is 4.79 Å². The summed E-state index contributed by atoms with van der Waals surface area (Å²) in [6, 6.07) is 10.1. The van der Waals surface area contributed by atoms with Crippen molar-refractivity contribution in [3.63, 3.8) is 0 Å². The molecule has 1 amide bonds. The molecule has 1 aliphatic rings. The van der Waals surface area contributed by atoms with E-state index in [2.05, 4.69) is 21.1 Å². The molecule has 7 nitrogen and oxygen atoms in total. The molecule has 3 heterocycles. The fraction of sp³-hybridized carbons (Fsp3) is 0.263. The second-order valence-corrected chi connectivity index (χ2v) is 6.33. The molecule has 0 aliphatic carbocycles. The largest absolute Gasteiger partial charge is 0.366 e. The Morgan fingerprint density at radius 2 is 1.92 bits per heavy atom. The van der Waals surface area contributed by atoms with Crippen LogP contribution in [0.3, 0.4) is 0 Å². The molecule has 1 aromatic carbocycles. The van der Waals surface area contributed by atoms with Crippen molar-refractivity contribution in [2.24, 2.45) is 7.05 Å². The SMILES string of the molecule is Cn1cc(C(=O)N2CCN(c3c(C#N)cnc4ccccc34)CC2)cn1. The third-order valence-electron chi connectivity index (χ3n) is 4.70. The van der Waals surface area contributed by atoms with Gasteiger partial charge < -0.3 is 9.80 Å². The molecule has 1 fully saturated rings. The number of piperazine rings is 1. The van der Waals surface area contributed by atoms with Gasteiger partial charge in [0.2, 0.25) is 0 Å². The molecule has 130 valence electrons. The second-order valence-electron chi connectivity index (χ2n) is 6.33. The van der Waals surface area contributed by atoms with E-state index in [0.717, 1.165) is 16.6 Å². The lowest BCUT2D eigenvalue weighted by Crippen LogP contribution is -2.49. The molecule has 1 saturated heterocycles. The number of amides is 1. The first-order valence-electron chi connectivity index (χ1n) is 8.48. The summed E-state index contributed by atoms with van der Waals surface area (Å²) in [5.41, 5.74) is 2.95. The van der Waals surface area contributed by atoms with Gasteiger partial charge >= 0.3 is 0 Å². The normalized spacial score (nSPS) is 14.5. The summed E-state index contributed by atoms with van der Waals surface area (Å²) in [7, 11) is 1.80. The highest BCUT2D eigenvalue weighted by Gasteiger charge is 2.25. The van der Waals surface area contributed by atoms with Crippen molar-refractivity contribution in [3.05, 3.63) is 54.0 Å². The van der Waals surface area contributed by atoms with Gasteiger partial charge in [-0.3, -0.25) is 14.5 Å². The third-order valence-corrected chi connectivity index (χ3v) is 4.70. The van der Waals surface area contributed by atoms with Crippen LogP contribution in [0.1, 0.15) is 15.9 Å². The molecule has 7 heteroatoms. The summed E-state index contributed by atoms with van der Waals surface area (Å²) >= 11 is 0. The smallest absolute Gasteiger partial charge is 0.257 e. The van der Waals surface area contributed by atoms with Gasteiger partial charge in [0.05, 0.1) is 28.5 Å². The Bertz CT molecular complexity index is 1010. The van der Waals surface area contributed by atoms with Gasteiger partial charge in [-0.1, -0.05) is 18.2 Å². The van der Waals surface area contributed by atoms with Crippen LogP contribution in [0.5, 0.6) is 0 Å². The Kier molecular flexibility index (Phi) is 4.01. The number of aromatic nitrogens is 3. The number of carbonyl (C=O) groups is 1. The molecule has 0 N–H and O–H groups in total. The predicted molar refractivity (Wildman–Crippen MR) is 97.8 cm³/mol. The Labute approximate surface area is 151 Å². The summed E-state index contributed by atoms with van der Waals surface area (Å²) in [6.07, 6.45) is 4.96. The number of pyridine rings is 1. The Morgan fingerprint density at radius 1 is 1.15 bits per heavy atom. The zero-order valence-electron chi connectivity index (χ0n) is 14.5. The van der Waals surface area contributed by atoms with Gasteiger partial charge in [-0.25, -0.2) is 0 Å². The van der Waals surface area contributed by atoms with Gasteiger partial charge in [0.25, 0.3) is 5.91 Å². The molecule has 2 aromatic heterocycles. The average molecular weight is 346 g/mol. The van der Waals surface area contributed by atoms with Crippen LogP contribution in [0, 0.1) is 11.3 Å². The average Bonchev–Trinajstić information content (AvgIpc) is 3.13. The summed E-state index contributed by atoms with van der Waals surface area (Å²) in [6.45, 7) is 2.56. The van der Waals surface area contributed by atoms with E-state index in [4.69, 9.17) is 0 Å². The van der Waals surface area contributed by atoms with Gasteiger partial charge in [-0.2, -0.15) is 10.4 Å². The van der Waals surface area contributed by atoms with Crippen molar-refractivity contribution in [2.75, 3.05) is 31.1 Å². The lowest BCUT2D eigenvalue weighted by molar-refractivity contribution is 0.0747. The van der Waals surface area contributed by atoms with Crippen LogP contribution in [-0.2, 0) is 7.05 Å². The van der Waals surface area contributed by atoms with Gasteiger partial charge in [-0.05, 0) is 6.07 Å². The molecule has 1 aliphatic heterocycles. The molecular formula is C19H18N6O. The van der Waals surface area contributed by atoms with Gasteiger partial charge in [-0.15, -0.1) is 0 Å². The number of benzene rings is 1. The minimum absolute atomic E-state index is 0.00200. The third kappa shape index (κ3) is 2.75. The van der Waals surface area contributed by atoms with E-state index >= 15 is 0 Å². The molecule has 0 spiro atoms. The van der Waals surface area contributed by atoms with E-state index in [1.54, 1.807) is 30.3 Å². The van der Waals surface area contributed by atoms with E-state index < -0.39 is 0 Å². The van der Waals surface area contributed by atoms with Crippen LogP contribution < -0.4 is 4.90 Å². The van der Waals surface area contributed by atoms with Crippen molar-refractivity contribution in [1.82, 2.24) is 19.7 Å². The summed E-state index contributed by atoms with van der Waals surface area (Å²) in [4.78, 5) is 21.0. The molecule has 4 rings (SSSR count). The highest BCUT2D eigenvalue weighted by Crippen LogP contribution is 2.30. The lowest BCUT2D eigenvalue weighted by atomic mass is 10.1. The fourth-order valence-corrected chi connectivity index (χ4v) is 3.40. The topological polar surface area (TPSA) is 78.0 Å². The zero-order chi connectivity index (χ0) is 18.1. The fourth-order valence-electron chi connectivity index (χ4n) is 3.40. The summed E-state index contributed by atoms with van der Waals surface area (Å²) < 4.78 is 1.63. The van der Waals surface area contributed by atoms with Crippen LogP contribution in [0.2, 0.25) is 0 Å². The number of nitriles is 1. The number of hydrogen-bond donors (Lipinski definition) is 0. The highest BCUT2D eigenvalue weighted by molar-refractivity contribution is 5.95. The van der Waals surface area contributed by atoms with Gasteiger partial charge in [0, 0.05) is 51.0 Å². The van der Waals surface area contributed by atoms with Crippen molar-refractivity contribution in [3.8, 4) is 6.07 Å². The summed E-state index contributed by atoms with van der Waals surface area (Å²) in [5, 5.41) is 14.5. The van der Waals surface area contributed by atoms with E-state index in [9.17, 15) is 10.1 Å². The molecule has 0 saturated carbocycles. The number of anilines is 1. The van der Waals surface area contributed by atoms with E-state index in [0.29, 0.717) is 37.3 Å². The van der Waals surface area contributed by atoms with Crippen LogP contribution in [0.15, 0.2) is 42.9 Å². The Morgan fingerprint density at radius 3 is 2.62 bits per heavy atom. The number of fused-ring (bicyclic) bond motifs is 1. The number of carbonyl (C=O) groups excluding carboxylic acids is 1. The molecule has 26 heavy (non-hydrogen) atoms. The molecule has 0 radical (unpaired) electrons. The number of para-hydroxylation sites is 1. The van der Waals surface area contributed by atoms with Crippen molar-refractivity contribution in [2.45, 2.75) is 0 Å². The van der Waals surface area contributed by atoms with Crippen molar-refractivity contribution >= 4 is 22.5 Å². The van der Waals surface area contributed by atoms with Crippen molar-refractivity contribution in [1.29, 1.82) is 5.26 Å². The predicted octanol–water partition coefficient (Wildman–Crippen LogP) is 1.80. The lowest BCUT2D eigenvalue weighted by Gasteiger charge is -2.36. The number of hydrogen-bond acceptors (Lipinski definition) is 5. The van der Waals surface area contributed by atoms with Gasteiger partial charge in [0.15, 0.2) is 0 Å². The Balaban J connectivity index is 1.58. The van der Waals surface area contributed by atoms with E-state index in [1.807, 2.05) is 29.2 Å².